The minimum atomic E-state index is -0.0579. The Labute approximate surface area is 124 Å². The number of nitrogens with zero attached hydrogens (tertiary/aromatic N) is 2. The number of halogens is 1. The molecule has 2 N–H and O–H groups in total. The van der Waals surface area contributed by atoms with Crippen LogP contribution in [0.25, 0.3) is 0 Å². The molecule has 0 amide bonds. The van der Waals surface area contributed by atoms with Crippen LogP contribution in [0, 0.1) is 0 Å². The van der Waals surface area contributed by atoms with E-state index in [1.807, 2.05) is 16.4 Å². The van der Waals surface area contributed by atoms with Crippen LogP contribution in [-0.4, -0.2) is 34.5 Å². The fourth-order valence-electron chi connectivity index (χ4n) is 2.47. The van der Waals surface area contributed by atoms with E-state index in [2.05, 4.69) is 5.10 Å². The number of rotatable bonds is 7. The Morgan fingerprint density at radius 2 is 2.32 bits per heavy atom. The molecule has 1 aromatic heterocycles. The third-order valence-corrected chi connectivity index (χ3v) is 5.29. The molecule has 2 rings (SSSR count). The van der Waals surface area contributed by atoms with Gasteiger partial charge in [-0.25, -0.2) is 0 Å². The first-order chi connectivity index (χ1) is 9.22. The number of hydrogen-bond donors (Lipinski definition) is 1. The molecule has 0 aromatic carbocycles. The van der Waals surface area contributed by atoms with Gasteiger partial charge in [-0.05, 0) is 12.8 Å². The van der Waals surface area contributed by atoms with Crippen molar-refractivity contribution in [3.8, 4) is 0 Å². The van der Waals surface area contributed by atoms with Crippen molar-refractivity contribution in [1.82, 2.24) is 9.78 Å². The van der Waals surface area contributed by atoms with Crippen LogP contribution in [0.15, 0.2) is 6.20 Å². The maximum atomic E-state index is 6.28. The lowest BCUT2D eigenvalue weighted by Crippen LogP contribution is -2.21. The van der Waals surface area contributed by atoms with Gasteiger partial charge in [0.1, 0.15) is 0 Å². The first-order valence-electron chi connectivity index (χ1n) is 6.79. The van der Waals surface area contributed by atoms with Crippen LogP contribution in [0.5, 0.6) is 0 Å². The molecular formula is C13H22ClN3OS. The molecule has 1 atom stereocenters. The maximum absolute atomic E-state index is 6.28. The van der Waals surface area contributed by atoms with E-state index in [-0.39, 0.29) is 6.04 Å². The lowest BCUT2D eigenvalue weighted by molar-refractivity contribution is 0.182. The summed E-state index contributed by atoms with van der Waals surface area (Å²) in [5, 5.41) is 5.71. The standard InChI is InChI=1S/C13H22ClN3OS/c1-18-7-6-17-13(11(14)8-16-17)12(15)9-19-10-4-2-3-5-10/h8,10,12H,2-7,9,15H2,1H3. The van der Waals surface area contributed by atoms with Gasteiger partial charge in [-0.15, -0.1) is 0 Å². The average Bonchev–Trinajstić information content (AvgIpc) is 3.03. The largest absolute Gasteiger partial charge is 0.383 e. The number of ether oxygens (including phenoxy) is 1. The molecule has 1 aromatic rings. The molecule has 1 unspecified atom stereocenters. The highest BCUT2D eigenvalue weighted by molar-refractivity contribution is 7.99. The second-order valence-corrected chi connectivity index (χ2v) is 6.68. The maximum Gasteiger partial charge on any atom is 0.0834 e. The van der Waals surface area contributed by atoms with E-state index < -0.39 is 0 Å². The lowest BCUT2D eigenvalue weighted by atomic mass is 10.2. The summed E-state index contributed by atoms with van der Waals surface area (Å²) in [4.78, 5) is 0. The van der Waals surface area contributed by atoms with E-state index in [9.17, 15) is 0 Å². The molecule has 1 fully saturated rings. The highest BCUT2D eigenvalue weighted by atomic mass is 35.5. The Hall–Kier alpha value is -0.230. The Morgan fingerprint density at radius 3 is 3.00 bits per heavy atom. The Balaban J connectivity index is 1.92. The lowest BCUT2D eigenvalue weighted by Gasteiger charge is -2.17. The van der Waals surface area contributed by atoms with Crippen molar-refractivity contribution in [1.29, 1.82) is 0 Å². The van der Waals surface area contributed by atoms with E-state index in [1.165, 1.54) is 25.7 Å². The SMILES string of the molecule is COCCn1ncc(Cl)c1C(N)CSC1CCCC1. The molecule has 0 aliphatic heterocycles. The zero-order chi connectivity index (χ0) is 13.7. The van der Waals surface area contributed by atoms with Crippen molar-refractivity contribution in [3.63, 3.8) is 0 Å². The molecule has 1 aliphatic rings. The van der Waals surface area contributed by atoms with Crippen molar-refractivity contribution >= 4 is 23.4 Å². The van der Waals surface area contributed by atoms with Gasteiger partial charge in [0.15, 0.2) is 0 Å². The number of methoxy groups -OCH3 is 1. The molecule has 0 radical (unpaired) electrons. The highest BCUT2D eigenvalue weighted by Crippen LogP contribution is 2.32. The van der Waals surface area contributed by atoms with Crippen molar-refractivity contribution in [3.05, 3.63) is 16.9 Å². The molecule has 1 aliphatic carbocycles. The second-order valence-electron chi connectivity index (χ2n) is 4.94. The average molecular weight is 304 g/mol. The zero-order valence-corrected chi connectivity index (χ0v) is 12.9. The van der Waals surface area contributed by atoms with Crippen LogP contribution >= 0.6 is 23.4 Å². The van der Waals surface area contributed by atoms with Crippen LogP contribution in [0.4, 0.5) is 0 Å². The summed E-state index contributed by atoms with van der Waals surface area (Å²) in [6.07, 6.45) is 7.05. The molecule has 0 saturated heterocycles. The summed E-state index contributed by atoms with van der Waals surface area (Å²) in [7, 11) is 1.68. The molecular weight excluding hydrogens is 282 g/mol. The minimum Gasteiger partial charge on any atom is -0.383 e. The van der Waals surface area contributed by atoms with Gasteiger partial charge >= 0.3 is 0 Å². The van der Waals surface area contributed by atoms with E-state index in [0.29, 0.717) is 18.2 Å². The van der Waals surface area contributed by atoms with Crippen molar-refractivity contribution in [2.45, 2.75) is 43.5 Å². The quantitative estimate of drug-likeness (QED) is 0.841. The Morgan fingerprint density at radius 1 is 1.58 bits per heavy atom. The predicted octanol–water partition coefficient (Wildman–Crippen LogP) is 2.86. The fraction of sp³-hybridized carbons (Fsp3) is 0.769. The van der Waals surface area contributed by atoms with Crippen LogP contribution in [-0.2, 0) is 11.3 Å². The van der Waals surface area contributed by atoms with Crippen molar-refractivity contribution in [2.75, 3.05) is 19.5 Å². The molecule has 6 heteroatoms. The van der Waals surface area contributed by atoms with Crippen LogP contribution < -0.4 is 5.73 Å². The van der Waals surface area contributed by atoms with Gasteiger partial charge in [0, 0.05) is 18.1 Å². The number of aromatic nitrogens is 2. The number of thioether (sulfide) groups is 1. The Bertz CT molecular complexity index is 393. The topological polar surface area (TPSA) is 53.1 Å². The van der Waals surface area contributed by atoms with Gasteiger partial charge in [0.2, 0.25) is 0 Å². The van der Waals surface area contributed by atoms with Gasteiger partial charge in [-0.3, -0.25) is 4.68 Å². The van der Waals surface area contributed by atoms with Crippen LogP contribution in [0.2, 0.25) is 5.02 Å². The third kappa shape index (κ3) is 4.12. The summed E-state index contributed by atoms with van der Waals surface area (Å²) in [6.45, 7) is 1.31. The van der Waals surface area contributed by atoms with Gasteiger partial charge in [-0.2, -0.15) is 16.9 Å². The summed E-state index contributed by atoms with van der Waals surface area (Å²) in [5.41, 5.74) is 7.22. The van der Waals surface area contributed by atoms with E-state index in [1.54, 1.807) is 13.3 Å². The molecule has 0 spiro atoms. The second kappa shape index (κ2) is 7.53. The van der Waals surface area contributed by atoms with Gasteiger partial charge in [0.25, 0.3) is 0 Å². The monoisotopic (exact) mass is 303 g/mol. The zero-order valence-electron chi connectivity index (χ0n) is 11.3. The van der Waals surface area contributed by atoms with E-state index >= 15 is 0 Å². The minimum absolute atomic E-state index is 0.0579. The summed E-state index contributed by atoms with van der Waals surface area (Å²) >= 11 is 8.18. The van der Waals surface area contributed by atoms with Crippen molar-refractivity contribution < 1.29 is 4.74 Å². The van der Waals surface area contributed by atoms with Crippen LogP contribution in [0.3, 0.4) is 0 Å². The summed E-state index contributed by atoms with van der Waals surface area (Å²) < 4.78 is 6.95. The molecule has 0 bridgehead atoms. The van der Waals surface area contributed by atoms with Crippen LogP contribution in [0.1, 0.15) is 37.4 Å². The fourth-order valence-corrected chi connectivity index (χ4v) is 4.06. The molecule has 4 nitrogen and oxygen atoms in total. The Kier molecular flexibility index (Phi) is 6.01. The number of nitrogens with two attached hydrogens (primary N) is 1. The first kappa shape index (κ1) is 15.2. The summed E-state index contributed by atoms with van der Waals surface area (Å²) in [5.74, 6) is 0.906. The summed E-state index contributed by atoms with van der Waals surface area (Å²) in [6, 6.07) is -0.0579. The first-order valence-corrected chi connectivity index (χ1v) is 8.22. The van der Waals surface area contributed by atoms with Crippen molar-refractivity contribution in [2.24, 2.45) is 5.73 Å². The van der Waals surface area contributed by atoms with Gasteiger partial charge in [-0.1, -0.05) is 24.4 Å². The molecule has 108 valence electrons. The molecule has 1 saturated carbocycles. The smallest absolute Gasteiger partial charge is 0.0834 e. The number of hydrogen-bond acceptors (Lipinski definition) is 4. The van der Waals surface area contributed by atoms with E-state index in [0.717, 1.165) is 16.7 Å². The third-order valence-electron chi connectivity index (χ3n) is 3.51. The normalized spacial score (nSPS) is 18.1. The van der Waals surface area contributed by atoms with Gasteiger partial charge < -0.3 is 10.5 Å². The predicted molar refractivity (Wildman–Crippen MR) is 80.8 cm³/mol. The van der Waals surface area contributed by atoms with E-state index in [4.69, 9.17) is 22.1 Å². The van der Waals surface area contributed by atoms with Gasteiger partial charge in [0.05, 0.1) is 36.1 Å². The molecule has 19 heavy (non-hydrogen) atoms. The highest BCUT2D eigenvalue weighted by Gasteiger charge is 2.20. The molecule has 1 heterocycles.